The molecule has 5 heteroatoms. The third kappa shape index (κ3) is 2.61. The Labute approximate surface area is 89.7 Å². The van der Waals surface area contributed by atoms with Crippen LogP contribution in [0.1, 0.15) is 33.6 Å². The van der Waals surface area contributed by atoms with Crippen LogP contribution in [-0.4, -0.2) is 23.0 Å². The Balaban J connectivity index is 2.58. The van der Waals surface area contributed by atoms with Crippen molar-refractivity contribution < 1.29 is 10.0 Å². The number of nitrogens with zero attached hydrogens (tertiary/aromatic N) is 1. The molecule has 0 aliphatic heterocycles. The summed E-state index contributed by atoms with van der Waals surface area (Å²) in [5.74, 6) is 0.331. The van der Waals surface area contributed by atoms with E-state index in [1.54, 1.807) is 13.8 Å². The SMILES string of the molecule is CC(NC(=O)C(C)(C)C(N)=NO)C1CC1. The molecule has 1 amide bonds. The number of nitrogens with one attached hydrogen (secondary N) is 1. The highest BCUT2D eigenvalue weighted by Crippen LogP contribution is 2.32. The Morgan fingerprint density at radius 3 is 2.53 bits per heavy atom. The fraction of sp³-hybridized carbons (Fsp3) is 0.800. The molecular formula is C10H19N3O2. The van der Waals surface area contributed by atoms with Gasteiger partial charge in [0.05, 0.1) is 0 Å². The van der Waals surface area contributed by atoms with E-state index in [9.17, 15) is 4.79 Å². The van der Waals surface area contributed by atoms with Gasteiger partial charge in [-0.1, -0.05) is 5.16 Å². The normalized spacial score (nSPS) is 19.8. The summed E-state index contributed by atoms with van der Waals surface area (Å²) in [5, 5.41) is 14.3. The van der Waals surface area contributed by atoms with Gasteiger partial charge in [-0.2, -0.15) is 0 Å². The molecule has 15 heavy (non-hydrogen) atoms. The largest absolute Gasteiger partial charge is 0.409 e. The van der Waals surface area contributed by atoms with Crippen molar-refractivity contribution in [3.63, 3.8) is 0 Å². The van der Waals surface area contributed by atoms with Crippen LogP contribution in [-0.2, 0) is 4.79 Å². The number of hydrogen-bond acceptors (Lipinski definition) is 3. The maximum atomic E-state index is 11.8. The minimum atomic E-state index is -0.960. The van der Waals surface area contributed by atoms with Crippen LogP contribution < -0.4 is 11.1 Å². The molecule has 5 nitrogen and oxygen atoms in total. The molecule has 1 unspecified atom stereocenters. The number of nitrogens with two attached hydrogens (primary N) is 1. The molecule has 1 fully saturated rings. The van der Waals surface area contributed by atoms with E-state index in [0.29, 0.717) is 5.92 Å². The zero-order valence-corrected chi connectivity index (χ0v) is 9.45. The molecule has 1 aliphatic carbocycles. The van der Waals surface area contributed by atoms with Crippen LogP contribution in [0.2, 0.25) is 0 Å². The predicted octanol–water partition coefficient (Wildman–Crippen LogP) is 0.674. The standard InChI is InChI=1S/C10H19N3O2/c1-6(7-4-5-7)12-9(14)10(2,3)8(11)13-15/h6-7,15H,4-5H2,1-3H3,(H2,11,13)(H,12,14). The summed E-state index contributed by atoms with van der Waals surface area (Å²) in [6, 6.07) is 0.170. The second-order valence-corrected chi connectivity index (χ2v) is 4.71. The Hall–Kier alpha value is -1.26. The summed E-state index contributed by atoms with van der Waals surface area (Å²) in [7, 11) is 0. The number of rotatable bonds is 4. The summed E-state index contributed by atoms with van der Waals surface area (Å²) in [5.41, 5.74) is 4.50. The molecule has 0 spiro atoms. The molecule has 0 bridgehead atoms. The second-order valence-electron chi connectivity index (χ2n) is 4.71. The molecule has 0 heterocycles. The fourth-order valence-electron chi connectivity index (χ4n) is 1.34. The zero-order valence-electron chi connectivity index (χ0n) is 9.45. The fourth-order valence-corrected chi connectivity index (χ4v) is 1.34. The van der Waals surface area contributed by atoms with Crippen molar-refractivity contribution in [2.75, 3.05) is 0 Å². The van der Waals surface area contributed by atoms with Crippen molar-refractivity contribution in [3.8, 4) is 0 Å². The van der Waals surface area contributed by atoms with Crippen molar-refractivity contribution in [1.29, 1.82) is 0 Å². The third-order valence-corrected chi connectivity index (χ3v) is 3.00. The molecule has 0 saturated heterocycles. The maximum absolute atomic E-state index is 11.8. The van der Waals surface area contributed by atoms with Crippen LogP contribution in [0.25, 0.3) is 0 Å². The number of carbonyl (C=O) groups excluding carboxylic acids is 1. The average Bonchev–Trinajstić information content (AvgIpc) is 2.99. The molecule has 1 aliphatic rings. The smallest absolute Gasteiger partial charge is 0.233 e. The van der Waals surface area contributed by atoms with E-state index in [4.69, 9.17) is 10.9 Å². The zero-order chi connectivity index (χ0) is 11.6. The van der Waals surface area contributed by atoms with Crippen LogP contribution in [0, 0.1) is 11.3 Å². The highest BCUT2D eigenvalue weighted by molar-refractivity contribution is 6.05. The van der Waals surface area contributed by atoms with Gasteiger partial charge in [0, 0.05) is 6.04 Å². The summed E-state index contributed by atoms with van der Waals surface area (Å²) in [4.78, 5) is 11.8. The molecule has 1 atom stereocenters. The number of oxime groups is 1. The van der Waals surface area contributed by atoms with Gasteiger partial charge in [-0.3, -0.25) is 4.79 Å². The lowest BCUT2D eigenvalue weighted by Gasteiger charge is -2.24. The number of carbonyl (C=O) groups is 1. The van der Waals surface area contributed by atoms with Gasteiger partial charge < -0.3 is 16.3 Å². The first kappa shape index (κ1) is 11.8. The Morgan fingerprint density at radius 1 is 1.60 bits per heavy atom. The molecular weight excluding hydrogens is 194 g/mol. The van der Waals surface area contributed by atoms with Crippen molar-refractivity contribution in [2.45, 2.75) is 39.7 Å². The van der Waals surface area contributed by atoms with Gasteiger partial charge >= 0.3 is 0 Å². The van der Waals surface area contributed by atoms with Gasteiger partial charge in [-0.15, -0.1) is 0 Å². The first-order chi connectivity index (χ1) is 6.89. The van der Waals surface area contributed by atoms with Gasteiger partial charge in [0.15, 0.2) is 5.84 Å². The van der Waals surface area contributed by atoms with Crippen LogP contribution in [0.4, 0.5) is 0 Å². The summed E-state index contributed by atoms with van der Waals surface area (Å²) < 4.78 is 0. The topological polar surface area (TPSA) is 87.7 Å². The number of hydrogen-bond donors (Lipinski definition) is 3. The van der Waals surface area contributed by atoms with E-state index in [2.05, 4.69) is 10.5 Å². The van der Waals surface area contributed by atoms with Crippen LogP contribution in [0.15, 0.2) is 5.16 Å². The monoisotopic (exact) mass is 213 g/mol. The van der Waals surface area contributed by atoms with Gasteiger partial charge in [-0.05, 0) is 39.5 Å². The quantitative estimate of drug-likeness (QED) is 0.277. The average molecular weight is 213 g/mol. The van der Waals surface area contributed by atoms with Gasteiger partial charge in [-0.25, -0.2) is 0 Å². The Morgan fingerprint density at radius 2 is 2.13 bits per heavy atom. The maximum Gasteiger partial charge on any atom is 0.233 e. The lowest BCUT2D eigenvalue weighted by molar-refractivity contribution is -0.127. The summed E-state index contributed by atoms with van der Waals surface area (Å²) in [6.45, 7) is 5.26. The van der Waals surface area contributed by atoms with Crippen molar-refractivity contribution in [3.05, 3.63) is 0 Å². The van der Waals surface area contributed by atoms with Gasteiger partial charge in [0.25, 0.3) is 0 Å². The van der Waals surface area contributed by atoms with Crippen LogP contribution in [0.5, 0.6) is 0 Å². The van der Waals surface area contributed by atoms with Gasteiger partial charge in [0.2, 0.25) is 5.91 Å². The molecule has 0 radical (unpaired) electrons. The highest BCUT2D eigenvalue weighted by Gasteiger charge is 2.36. The van der Waals surface area contributed by atoms with Crippen molar-refractivity contribution in [2.24, 2.45) is 22.2 Å². The number of amidine groups is 1. The van der Waals surface area contributed by atoms with Crippen LogP contribution in [0.3, 0.4) is 0 Å². The number of amides is 1. The molecule has 4 N–H and O–H groups in total. The highest BCUT2D eigenvalue weighted by atomic mass is 16.4. The lowest BCUT2D eigenvalue weighted by Crippen LogP contribution is -2.48. The van der Waals surface area contributed by atoms with E-state index in [0.717, 1.165) is 0 Å². The van der Waals surface area contributed by atoms with E-state index in [1.807, 2.05) is 6.92 Å². The Kier molecular flexibility index (Phi) is 3.21. The van der Waals surface area contributed by atoms with E-state index in [1.165, 1.54) is 12.8 Å². The Bertz CT molecular complexity index is 282. The summed E-state index contributed by atoms with van der Waals surface area (Å²) >= 11 is 0. The molecule has 0 aromatic heterocycles. The predicted molar refractivity (Wildman–Crippen MR) is 57.5 cm³/mol. The molecule has 0 aromatic carbocycles. The summed E-state index contributed by atoms with van der Waals surface area (Å²) in [6.07, 6.45) is 2.34. The molecule has 1 rings (SSSR count). The minimum Gasteiger partial charge on any atom is -0.409 e. The van der Waals surface area contributed by atoms with E-state index in [-0.39, 0.29) is 17.8 Å². The lowest BCUT2D eigenvalue weighted by atomic mass is 9.90. The first-order valence-electron chi connectivity index (χ1n) is 5.18. The van der Waals surface area contributed by atoms with E-state index < -0.39 is 5.41 Å². The van der Waals surface area contributed by atoms with Crippen molar-refractivity contribution in [1.82, 2.24) is 5.32 Å². The van der Waals surface area contributed by atoms with E-state index >= 15 is 0 Å². The molecule has 86 valence electrons. The second kappa shape index (κ2) is 4.08. The third-order valence-electron chi connectivity index (χ3n) is 3.00. The van der Waals surface area contributed by atoms with Crippen LogP contribution >= 0.6 is 0 Å². The van der Waals surface area contributed by atoms with Gasteiger partial charge in [0.1, 0.15) is 5.41 Å². The minimum absolute atomic E-state index is 0.0667. The first-order valence-corrected chi connectivity index (χ1v) is 5.18. The van der Waals surface area contributed by atoms with Crippen molar-refractivity contribution >= 4 is 11.7 Å². The molecule has 1 saturated carbocycles. The molecule has 0 aromatic rings.